The standard InChI is InChI=1S/C18H23N3O2/c22-18(21-14-9-8-12-4-3-5-13(12)14)11-23-10-17-19-15-6-1-2-7-16(15)20-17/h1-2,6-7,12-14H,3-5,8-11H2,(H,19,20)(H,21,22)/t12-,13-,14-/m0/s1. The minimum atomic E-state index is -0.00124. The number of aromatic nitrogens is 2. The van der Waals surface area contributed by atoms with Gasteiger partial charge in [0.15, 0.2) is 0 Å². The Balaban J connectivity index is 1.25. The number of carbonyl (C=O) groups excluding carboxylic acids is 1. The molecule has 1 heterocycles. The lowest BCUT2D eigenvalue weighted by atomic mass is 9.98. The lowest BCUT2D eigenvalue weighted by Crippen LogP contribution is -2.39. The zero-order valence-corrected chi connectivity index (χ0v) is 13.3. The van der Waals surface area contributed by atoms with Crippen LogP contribution >= 0.6 is 0 Å². The molecule has 2 aliphatic rings. The average molecular weight is 313 g/mol. The number of carbonyl (C=O) groups is 1. The Morgan fingerprint density at radius 1 is 1.26 bits per heavy atom. The molecule has 23 heavy (non-hydrogen) atoms. The molecule has 0 unspecified atom stereocenters. The summed E-state index contributed by atoms with van der Waals surface area (Å²) in [4.78, 5) is 19.7. The third-order valence-electron chi connectivity index (χ3n) is 5.34. The highest BCUT2D eigenvalue weighted by molar-refractivity contribution is 5.77. The molecule has 5 nitrogen and oxygen atoms in total. The van der Waals surface area contributed by atoms with E-state index in [1.807, 2.05) is 24.3 Å². The van der Waals surface area contributed by atoms with Crippen LogP contribution in [0.25, 0.3) is 11.0 Å². The van der Waals surface area contributed by atoms with E-state index >= 15 is 0 Å². The van der Waals surface area contributed by atoms with Crippen molar-refractivity contribution in [3.63, 3.8) is 0 Å². The van der Waals surface area contributed by atoms with Gasteiger partial charge in [0.2, 0.25) is 5.91 Å². The predicted octanol–water partition coefficient (Wildman–Crippen LogP) is 2.77. The molecule has 0 radical (unpaired) electrons. The summed E-state index contributed by atoms with van der Waals surface area (Å²) in [5.74, 6) is 2.31. The molecule has 0 aliphatic heterocycles. The molecule has 2 aliphatic carbocycles. The maximum atomic E-state index is 12.1. The van der Waals surface area contributed by atoms with Gasteiger partial charge < -0.3 is 15.0 Å². The monoisotopic (exact) mass is 313 g/mol. The summed E-state index contributed by atoms with van der Waals surface area (Å²) in [6.07, 6.45) is 6.35. The molecule has 5 heteroatoms. The van der Waals surface area contributed by atoms with Gasteiger partial charge in [0.05, 0.1) is 11.0 Å². The van der Waals surface area contributed by atoms with Gasteiger partial charge in [0.25, 0.3) is 0 Å². The van der Waals surface area contributed by atoms with Crippen LogP contribution in [-0.2, 0) is 16.1 Å². The lowest BCUT2D eigenvalue weighted by molar-refractivity contribution is -0.127. The number of para-hydroxylation sites is 2. The quantitative estimate of drug-likeness (QED) is 0.892. The van der Waals surface area contributed by atoms with E-state index in [4.69, 9.17) is 4.74 Å². The Hall–Kier alpha value is -1.88. The summed E-state index contributed by atoms with van der Waals surface area (Å²) in [5, 5.41) is 3.17. The van der Waals surface area contributed by atoms with E-state index in [0.717, 1.165) is 29.2 Å². The van der Waals surface area contributed by atoms with E-state index in [-0.39, 0.29) is 12.5 Å². The van der Waals surface area contributed by atoms with Crippen LogP contribution in [0.15, 0.2) is 24.3 Å². The summed E-state index contributed by atoms with van der Waals surface area (Å²) in [6, 6.07) is 8.23. The van der Waals surface area contributed by atoms with Crippen LogP contribution in [-0.4, -0.2) is 28.5 Å². The Kier molecular flexibility index (Phi) is 4.04. The SMILES string of the molecule is O=C(COCc1nc2ccccc2[nH]1)N[C@H]1CC[C@@H]2CCC[C@@H]21. The fourth-order valence-corrected chi connectivity index (χ4v) is 4.30. The third kappa shape index (κ3) is 3.11. The van der Waals surface area contributed by atoms with E-state index in [1.54, 1.807) is 0 Å². The molecule has 2 fully saturated rings. The van der Waals surface area contributed by atoms with Crippen LogP contribution in [0.4, 0.5) is 0 Å². The molecule has 1 aromatic carbocycles. The van der Waals surface area contributed by atoms with Crippen molar-refractivity contribution in [1.29, 1.82) is 0 Å². The Morgan fingerprint density at radius 3 is 3.09 bits per heavy atom. The van der Waals surface area contributed by atoms with E-state index in [9.17, 15) is 4.79 Å². The number of fused-ring (bicyclic) bond motifs is 2. The first-order chi connectivity index (χ1) is 11.3. The number of ether oxygens (including phenoxy) is 1. The van der Waals surface area contributed by atoms with Crippen LogP contribution in [0.5, 0.6) is 0 Å². The topological polar surface area (TPSA) is 67.0 Å². The van der Waals surface area contributed by atoms with Crippen LogP contribution in [0.3, 0.4) is 0 Å². The normalized spacial score (nSPS) is 26.5. The molecule has 2 aromatic rings. The van der Waals surface area contributed by atoms with Crippen molar-refractivity contribution in [2.45, 2.75) is 44.8 Å². The number of hydrogen-bond acceptors (Lipinski definition) is 3. The number of amides is 1. The zero-order chi connectivity index (χ0) is 15.6. The fourth-order valence-electron chi connectivity index (χ4n) is 4.30. The molecule has 0 saturated heterocycles. The van der Waals surface area contributed by atoms with Gasteiger partial charge in [-0.15, -0.1) is 0 Å². The zero-order valence-electron chi connectivity index (χ0n) is 13.3. The Bertz CT molecular complexity index is 663. The second kappa shape index (κ2) is 6.32. The fraction of sp³-hybridized carbons (Fsp3) is 0.556. The molecule has 3 atom stereocenters. The number of H-pyrrole nitrogens is 1. The molecular weight excluding hydrogens is 290 g/mol. The maximum Gasteiger partial charge on any atom is 0.246 e. The molecule has 4 rings (SSSR count). The van der Waals surface area contributed by atoms with Gasteiger partial charge in [0.1, 0.15) is 19.0 Å². The number of nitrogens with zero attached hydrogens (tertiary/aromatic N) is 1. The number of benzene rings is 1. The van der Waals surface area contributed by atoms with Gasteiger partial charge in [-0.3, -0.25) is 4.79 Å². The summed E-state index contributed by atoms with van der Waals surface area (Å²) in [6.45, 7) is 0.434. The number of hydrogen-bond donors (Lipinski definition) is 2. The lowest BCUT2D eigenvalue weighted by Gasteiger charge is -2.19. The van der Waals surface area contributed by atoms with Crippen molar-refractivity contribution in [1.82, 2.24) is 15.3 Å². The molecule has 2 saturated carbocycles. The molecular formula is C18H23N3O2. The Morgan fingerprint density at radius 2 is 2.17 bits per heavy atom. The van der Waals surface area contributed by atoms with Crippen molar-refractivity contribution >= 4 is 16.9 Å². The van der Waals surface area contributed by atoms with Gasteiger partial charge in [0, 0.05) is 6.04 Å². The van der Waals surface area contributed by atoms with Crippen LogP contribution in [0.1, 0.15) is 37.9 Å². The molecule has 2 N–H and O–H groups in total. The Labute approximate surface area is 135 Å². The van der Waals surface area contributed by atoms with Gasteiger partial charge in [-0.05, 0) is 43.2 Å². The average Bonchev–Trinajstić information content (AvgIpc) is 3.23. The molecule has 122 valence electrons. The minimum Gasteiger partial charge on any atom is -0.364 e. The number of nitrogens with one attached hydrogen (secondary N) is 2. The smallest absolute Gasteiger partial charge is 0.246 e. The van der Waals surface area contributed by atoms with Crippen molar-refractivity contribution < 1.29 is 9.53 Å². The van der Waals surface area contributed by atoms with Crippen molar-refractivity contribution in [2.24, 2.45) is 11.8 Å². The highest BCUT2D eigenvalue weighted by Gasteiger charge is 2.39. The maximum absolute atomic E-state index is 12.1. The number of imidazole rings is 1. The third-order valence-corrected chi connectivity index (χ3v) is 5.34. The number of rotatable bonds is 5. The molecule has 0 bridgehead atoms. The van der Waals surface area contributed by atoms with Crippen molar-refractivity contribution in [3.05, 3.63) is 30.1 Å². The van der Waals surface area contributed by atoms with Gasteiger partial charge in [-0.2, -0.15) is 0 Å². The molecule has 1 aromatic heterocycles. The first kappa shape index (κ1) is 14.7. The summed E-state index contributed by atoms with van der Waals surface area (Å²) >= 11 is 0. The summed E-state index contributed by atoms with van der Waals surface area (Å²) in [5.41, 5.74) is 1.92. The predicted molar refractivity (Wildman–Crippen MR) is 87.7 cm³/mol. The molecule has 1 amide bonds. The van der Waals surface area contributed by atoms with Gasteiger partial charge >= 0.3 is 0 Å². The van der Waals surface area contributed by atoms with Crippen LogP contribution in [0.2, 0.25) is 0 Å². The highest BCUT2D eigenvalue weighted by atomic mass is 16.5. The second-order valence-electron chi connectivity index (χ2n) is 6.80. The van der Waals surface area contributed by atoms with Crippen molar-refractivity contribution in [2.75, 3.05) is 6.61 Å². The van der Waals surface area contributed by atoms with E-state index in [1.165, 1.54) is 25.7 Å². The first-order valence-corrected chi connectivity index (χ1v) is 8.60. The van der Waals surface area contributed by atoms with E-state index < -0.39 is 0 Å². The highest BCUT2D eigenvalue weighted by Crippen LogP contribution is 2.43. The largest absolute Gasteiger partial charge is 0.364 e. The minimum absolute atomic E-state index is 0.00124. The van der Waals surface area contributed by atoms with Crippen LogP contribution < -0.4 is 5.32 Å². The second-order valence-corrected chi connectivity index (χ2v) is 6.80. The van der Waals surface area contributed by atoms with Gasteiger partial charge in [-0.1, -0.05) is 25.0 Å². The summed E-state index contributed by atoms with van der Waals surface area (Å²) in [7, 11) is 0. The molecule has 0 spiro atoms. The van der Waals surface area contributed by atoms with E-state index in [0.29, 0.717) is 18.6 Å². The first-order valence-electron chi connectivity index (χ1n) is 8.60. The summed E-state index contributed by atoms with van der Waals surface area (Å²) < 4.78 is 5.53. The van der Waals surface area contributed by atoms with Gasteiger partial charge in [-0.25, -0.2) is 4.98 Å². The number of aromatic amines is 1. The van der Waals surface area contributed by atoms with Crippen LogP contribution in [0, 0.1) is 11.8 Å². The van der Waals surface area contributed by atoms with Crippen molar-refractivity contribution in [3.8, 4) is 0 Å². The van der Waals surface area contributed by atoms with E-state index in [2.05, 4.69) is 15.3 Å².